The molecule has 0 aliphatic carbocycles. The number of carbonyl (C=O) groups excluding carboxylic acids is 1. The van der Waals surface area contributed by atoms with E-state index in [9.17, 15) is 13.6 Å². The maximum Gasteiger partial charge on any atom is 0.264 e. The number of pyridine rings is 1. The molecule has 0 saturated heterocycles. The third kappa shape index (κ3) is 5.22. The molecule has 7 nitrogen and oxygen atoms in total. The summed E-state index contributed by atoms with van der Waals surface area (Å²) in [6.45, 7) is 3.87. The first-order valence-electron chi connectivity index (χ1n) is 11.6. The molecule has 0 saturated carbocycles. The summed E-state index contributed by atoms with van der Waals surface area (Å²) in [5.41, 5.74) is 3.64. The van der Waals surface area contributed by atoms with Crippen molar-refractivity contribution in [2.75, 3.05) is 5.32 Å². The SMILES string of the molecule is Cc1cccc(Cn2cc(Cl)c(NC(=O)Cn3nc(C)c4c(C(F)F)cc(-c5ccccc5)nc43)n2)c1. The highest BCUT2D eigenvalue weighted by Gasteiger charge is 2.22. The number of aryl methyl sites for hydroxylation is 2. The minimum absolute atomic E-state index is 0.175. The number of carbonyl (C=O) groups is 1. The largest absolute Gasteiger partial charge is 0.306 e. The van der Waals surface area contributed by atoms with E-state index < -0.39 is 12.3 Å². The Morgan fingerprint density at radius 3 is 2.57 bits per heavy atom. The molecule has 0 radical (unpaired) electrons. The fourth-order valence-corrected chi connectivity index (χ4v) is 4.49. The second kappa shape index (κ2) is 10.1. The number of anilines is 1. The van der Waals surface area contributed by atoms with E-state index in [0.29, 0.717) is 23.5 Å². The molecule has 5 rings (SSSR count). The number of hydrogen-bond donors (Lipinski definition) is 1. The predicted octanol–water partition coefficient (Wildman–Crippen LogP) is 6.19. The predicted molar refractivity (Wildman–Crippen MR) is 139 cm³/mol. The Morgan fingerprint density at radius 1 is 1.05 bits per heavy atom. The van der Waals surface area contributed by atoms with Gasteiger partial charge in [0.1, 0.15) is 11.6 Å². The van der Waals surface area contributed by atoms with Crippen molar-refractivity contribution in [2.45, 2.75) is 33.4 Å². The molecular formula is C27H23ClF2N6O. The maximum atomic E-state index is 14.0. The van der Waals surface area contributed by atoms with Crippen molar-refractivity contribution in [1.82, 2.24) is 24.5 Å². The van der Waals surface area contributed by atoms with Crippen LogP contribution in [0.15, 0.2) is 66.9 Å². The number of rotatable bonds is 7. The van der Waals surface area contributed by atoms with Gasteiger partial charge in [0, 0.05) is 17.3 Å². The molecule has 37 heavy (non-hydrogen) atoms. The summed E-state index contributed by atoms with van der Waals surface area (Å²) in [6, 6.07) is 18.4. The van der Waals surface area contributed by atoms with Crippen LogP contribution in [0.2, 0.25) is 5.02 Å². The summed E-state index contributed by atoms with van der Waals surface area (Å²) >= 11 is 6.32. The fourth-order valence-electron chi connectivity index (χ4n) is 4.29. The maximum absolute atomic E-state index is 14.0. The van der Waals surface area contributed by atoms with Gasteiger partial charge in [-0.15, -0.1) is 0 Å². The molecule has 0 atom stereocenters. The molecule has 3 aromatic heterocycles. The summed E-state index contributed by atoms with van der Waals surface area (Å²) in [7, 11) is 0. The van der Waals surface area contributed by atoms with Crippen molar-refractivity contribution in [1.29, 1.82) is 0 Å². The van der Waals surface area contributed by atoms with Gasteiger partial charge >= 0.3 is 0 Å². The Hall–Kier alpha value is -4.11. The number of nitrogens with zero attached hydrogens (tertiary/aromatic N) is 5. The van der Waals surface area contributed by atoms with Crippen LogP contribution in [0.1, 0.15) is 28.8 Å². The van der Waals surface area contributed by atoms with Crippen molar-refractivity contribution in [2.24, 2.45) is 0 Å². The second-order valence-electron chi connectivity index (χ2n) is 8.77. The van der Waals surface area contributed by atoms with Crippen LogP contribution in [0.3, 0.4) is 0 Å². The summed E-state index contributed by atoms with van der Waals surface area (Å²) < 4.78 is 30.9. The van der Waals surface area contributed by atoms with E-state index in [1.54, 1.807) is 42.1 Å². The zero-order valence-corrected chi connectivity index (χ0v) is 20.9. The van der Waals surface area contributed by atoms with Gasteiger partial charge in [-0.05, 0) is 25.5 Å². The van der Waals surface area contributed by atoms with Crippen molar-refractivity contribution >= 4 is 34.4 Å². The first-order chi connectivity index (χ1) is 17.8. The normalized spacial score (nSPS) is 11.4. The van der Waals surface area contributed by atoms with Crippen LogP contribution >= 0.6 is 11.6 Å². The lowest BCUT2D eigenvalue weighted by molar-refractivity contribution is -0.116. The molecule has 0 bridgehead atoms. The Bertz CT molecular complexity index is 1600. The quantitative estimate of drug-likeness (QED) is 0.277. The van der Waals surface area contributed by atoms with Gasteiger partial charge in [-0.25, -0.2) is 18.4 Å². The van der Waals surface area contributed by atoms with Gasteiger partial charge in [0.15, 0.2) is 11.5 Å². The van der Waals surface area contributed by atoms with E-state index in [1.807, 2.05) is 37.3 Å². The lowest BCUT2D eigenvalue weighted by atomic mass is 10.1. The van der Waals surface area contributed by atoms with Crippen LogP contribution in [0.4, 0.5) is 14.6 Å². The zero-order chi connectivity index (χ0) is 26.1. The molecule has 1 N–H and O–H groups in total. The molecule has 0 aliphatic rings. The summed E-state index contributed by atoms with van der Waals surface area (Å²) in [4.78, 5) is 17.5. The van der Waals surface area contributed by atoms with Gasteiger partial charge in [-0.2, -0.15) is 10.2 Å². The molecule has 3 heterocycles. The number of amides is 1. The molecule has 5 aromatic rings. The van der Waals surface area contributed by atoms with Gasteiger partial charge in [0.2, 0.25) is 5.91 Å². The second-order valence-corrected chi connectivity index (χ2v) is 9.17. The monoisotopic (exact) mass is 520 g/mol. The third-order valence-corrected chi connectivity index (χ3v) is 6.18. The molecule has 1 amide bonds. The first kappa shape index (κ1) is 24.6. The van der Waals surface area contributed by atoms with Crippen LogP contribution in [-0.4, -0.2) is 30.5 Å². The van der Waals surface area contributed by atoms with Crippen LogP contribution in [0.25, 0.3) is 22.3 Å². The number of nitrogens with one attached hydrogen (secondary N) is 1. The van der Waals surface area contributed by atoms with Crippen molar-refractivity contribution in [3.8, 4) is 11.3 Å². The summed E-state index contributed by atoms with van der Waals surface area (Å²) in [5, 5.41) is 11.9. The van der Waals surface area contributed by atoms with Crippen LogP contribution in [0.5, 0.6) is 0 Å². The molecule has 188 valence electrons. The van der Waals surface area contributed by atoms with E-state index in [1.165, 1.54) is 10.7 Å². The topological polar surface area (TPSA) is 77.6 Å². The standard InChI is InChI=1S/C27H23ClF2N6O/c1-16-7-6-8-18(11-16)13-35-14-21(28)26(34-35)32-23(37)15-36-27-24(17(2)33-36)20(25(29)30)12-22(31-27)19-9-4-3-5-10-19/h3-12,14,25H,13,15H2,1-2H3,(H,32,34,37). The Labute approximate surface area is 216 Å². The van der Waals surface area contributed by atoms with Crippen molar-refractivity contribution < 1.29 is 13.6 Å². The van der Waals surface area contributed by atoms with Crippen molar-refractivity contribution in [3.05, 3.63) is 94.3 Å². The highest BCUT2D eigenvalue weighted by Crippen LogP contribution is 2.33. The molecular weight excluding hydrogens is 498 g/mol. The van der Waals surface area contributed by atoms with E-state index in [-0.39, 0.29) is 34.0 Å². The Morgan fingerprint density at radius 2 is 1.84 bits per heavy atom. The third-order valence-electron chi connectivity index (χ3n) is 5.91. The first-order valence-corrected chi connectivity index (χ1v) is 12.0. The summed E-state index contributed by atoms with van der Waals surface area (Å²) in [6.07, 6.45) is -1.09. The average molecular weight is 521 g/mol. The molecule has 0 spiro atoms. The van der Waals surface area contributed by atoms with Crippen LogP contribution < -0.4 is 5.32 Å². The number of benzene rings is 2. The van der Waals surface area contributed by atoms with Gasteiger partial charge in [0.05, 0.1) is 23.3 Å². The Kier molecular flexibility index (Phi) is 6.71. The summed E-state index contributed by atoms with van der Waals surface area (Å²) in [5.74, 6) is -0.253. The lowest BCUT2D eigenvalue weighted by Crippen LogP contribution is -2.20. The molecule has 0 fully saturated rings. The average Bonchev–Trinajstić information content (AvgIpc) is 3.36. The van der Waals surface area contributed by atoms with Crippen molar-refractivity contribution in [3.63, 3.8) is 0 Å². The van der Waals surface area contributed by atoms with Crippen LogP contribution in [-0.2, 0) is 17.9 Å². The molecule has 10 heteroatoms. The number of alkyl halides is 2. The number of hydrogen-bond acceptors (Lipinski definition) is 4. The van der Waals surface area contributed by atoms with Gasteiger partial charge in [-0.1, -0.05) is 71.8 Å². The smallest absolute Gasteiger partial charge is 0.264 e. The van der Waals surface area contributed by atoms with E-state index in [2.05, 4.69) is 20.5 Å². The lowest BCUT2D eigenvalue weighted by Gasteiger charge is -2.09. The number of aromatic nitrogens is 5. The van der Waals surface area contributed by atoms with Gasteiger partial charge < -0.3 is 5.32 Å². The highest BCUT2D eigenvalue weighted by atomic mass is 35.5. The van der Waals surface area contributed by atoms with E-state index in [0.717, 1.165) is 11.1 Å². The van der Waals surface area contributed by atoms with E-state index >= 15 is 0 Å². The zero-order valence-electron chi connectivity index (χ0n) is 20.1. The Balaban J connectivity index is 1.41. The molecule has 0 aliphatic heterocycles. The minimum Gasteiger partial charge on any atom is -0.306 e. The van der Waals surface area contributed by atoms with Crippen LogP contribution in [0, 0.1) is 13.8 Å². The highest BCUT2D eigenvalue weighted by molar-refractivity contribution is 6.33. The van der Waals surface area contributed by atoms with Gasteiger partial charge in [-0.3, -0.25) is 9.48 Å². The van der Waals surface area contributed by atoms with Gasteiger partial charge in [0.25, 0.3) is 6.43 Å². The van der Waals surface area contributed by atoms with E-state index in [4.69, 9.17) is 11.6 Å². The molecule has 2 aromatic carbocycles. The minimum atomic E-state index is -2.73. The fraction of sp³-hybridized carbons (Fsp3) is 0.185. The molecule has 0 unspecified atom stereocenters. The number of halogens is 3. The number of fused-ring (bicyclic) bond motifs is 1.